The van der Waals surface area contributed by atoms with Crippen LogP contribution in [0.2, 0.25) is 0 Å². The number of aromatic nitrogens is 1. The third-order valence-electron chi connectivity index (χ3n) is 4.08. The molecule has 0 unspecified atom stereocenters. The average molecular weight is 300 g/mol. The molecule has 5 nitrogen and oxygen atoms in total. The van der Waals surface area contributed by atoms with E-state index in [0.29, 0.717) is 6.42 Å². The largest absolute Gasteiger partial charge is 0.497 e. The number of hydrogen-bond donors (Lipinski definition) is 0. The molecule has 1 atom stereocenters. The van der Waals surface area contributed by atoms with Crippen molar-refractivity contribution >= 4 is 5.91 Å². The second kappa shape index (κ2) is 6.22. The average Bonchev–Trinajstić information content (AvgIpc) is 3.16. The molecule has 3 rings (SSSR count). The predicted octanol–water partition coefficient (Wildman–Crippen LogP) is 2.90. The summed E-state index contributed by atoms with van der Waals surface area (Å²) in [5.41, 5.74) is 1.85. The number of likely N-dealkylation sites (tertiary alicyclic amines) is 1. The highest BCUT2D eigenvalue weighted by molar-refractivity contribution is 5.79. The summed E-state index contributed by atoms with van der Waals surface area (Å²) in [4.78, 5) is 14.5. The Labute approximate surface area is 129 Å². The molecule has 0 spiro atoms. The number of hydrogen-bond acceptors (Lipinski definition) is 4. The fraction of sp³-hybridized carbons (Fsp3) is 0.412. The molecule has 1 aliphatic heterocycles. The van der Waals surface area contributed by atoms with E-state index < -0.39 is 0 Å². The van der Waals surface area contributed by atoms with Crippen LogP contribution in [0, 0.1) is 6.92 Å². The smallest absolute Gasteiger partial charge is 0.227 e. The maximum absolute atomic E-state index is 12.6. The molecule has 2 heterocycles. The van der Waals surface area contributed by atoms with Gasteiger partial charge in [-0.25, -0.2) is 0 Å². The molecule has 0 N–H and O–H groups in total. The molecule has 1 amide bonds. The van der Waals surface area contributed by atoms with Crippen LogP contribution >= 0.6 is 0 Å². The number of nitrogens with zero attached hydrogens (tertiary/aromatic N) is 2. The normalized spacial score (nSPS) is 17.7. The fourth-order valence-electron chi connectivity index (χ4n) is 2.93. The second-order valence-corrected chi connectivity index (χ2v) is 5.63. The zero-order valence-electron chi connectivity index (χ0n) is 12.9. The predicted molar refractivity (Wildman–Crippen MR) is 81.6 cm³/mol. The van der Waals surface area contributed by atoms with Crippen molar-refractivity contribution in [3.8, 4) is 5.75 Å². The highest BCUT2D eigenvalue weighted by Crippen LogP contribution is 2.32. The van der Waals surface area contributed by atoms with Gasteiger partial charge in [0.1, 0.15) is 17.2 Å². The van der Waals surface area contributed by atoms with Crippen molar-refractivity contribution in [1.29, 1.82) is 0 Å². The Morgan fingerprint density at radius 3 is 2.82 bits per heavy atom. The van der Waals surface area contributed by atoms with E-state index >= 15 is 0 Å². The number of carbonyl (C=O) groups is 1. The van der Waals surface area contributed by atoms with E-state index in [1.54, 1.807) is 7.11 Å². The first-order valence-electron chi connectivity index (χ1n) is 7.53. The van der Waals surface area contributed by atoms with Crippen LogP contribution in [0.3, 0.4) is 0 Å². The van der Waals surface area contributed by atoms with Crippen molar-refractivity contribution in [2.75, 3.05) is 13.7 Å². The van der Waals surface area contributed by atoms with Gasteiger partial charge < -0.3 is 14.2 Å². The van der Waals surface area contributed by atoms with E-state index in [-0.39, 0.29) is 11.9 Å². The van der Waals surface area contributed by atoms with Crippen LogP contribution in [0.5, 0.6) is 5.75 Å². The molecule has 1 aliphatic rings. The molecule has 2 aromatic rings. The summed E-state index contributed by atoms with van der Waals surface area (Å²) in [6.45, 7) is 2.65. The Kier molecular flexibility index (Phi) is 4.13. The van der Waals surface area contributed by atoms with Gasteiger partial charge in [0.15, 0.2) is 0 Å². The maximum atomic E-state index is 12.6. The first-order valence-corrected chi connectivity index (χ1v) is 7.53. The molecule has 1 fully saturated rings. The quantitative estimate of drug-likeness (QED) is 0.871. The lowest BCUT2D eigenvalue weighted by Gasteiger charge is -2.23. The van der Waals surface area contributed by atoms with E-state index in [1.165, 1.54) is 0 Å². The number of rotatable bonds is 4. The SMILES string of the molecule is COc1ccc(CC(=O)N2CCC[C@@H]2c2cc(C)on2)cc1. The van der Waals surface area contributed by atoms with E-state index in [2.05, 4.69) is 5.16 Å². The molecule has 116 valence electrons. The van der Waals surface area contributed by atoms with E-state index in [1.807, 2.05) is 42.2 Å². The molecule has 0 saturated carbocycles. The Balaban J connectivity index is 1.70. The Hall–Kier alpha value is -2.30. The summed E-state index contributed by atoms with van der Waals surface area (Å²) in [5, 5.41) is 4.07. The van der Waals surface area contributed by atoms with Gasteiger partial charge >= 0.3 is 0 Å². The summed E-state index contributed by atoms with van der Waals surface area (Å²) in [6.07, 6.45) is 2.35. The fourth-order valence-corrected chi connectivity index (χ4v) is 2.93. The van der Waals surface area contributed by atoms with Crippen molar-refractivity contribution in [3.63, 3.8) is 0 Å². The van der Waals surface area contributed by atoms with Crippen LogP contribution in [-0.4, -0.2) is 29.6 Å². The van der Waals surface area contributed by atoms with Crippen molar-refractivity contribution in [1.82, 2.24) is 10.1 Å². The minimum Gasteiger partial charge on any atom is -0.497 e. The number of carbonyl (C=O) groups excluding carboxylic acids is 1. The minimum absolute atomic E-state index is 0.0446. The molecule has 22 heavy (non-hydrogen) atoms. The van der Waals surface area contributed by atoms with Crippen LogP contribution in [-0.2, 0) is 11.2 Å². The second-order valence-electron chi connectivity index (χ2n) is 5.63. The van der Waals surface area contributed by atoms with Crippen molar-refractivity contribution in [2.45, 2.75) is 32.2 Å². The van der Waals surface area contributed by atoms with E-state index in [4.69, 9.17) is 9.26 Å². The van der Waals surface area contributed by atoms with Crippen molar-refractivity contribution in [2.24, 2.45) is 0 Å². The van der Waals surface area contributed by atoms with Crippen LogP contribution in [0.1, 0.15) is 35.9 Å². The van der Waals surface area contributed by atoms with Crippen LogP contribution in [0.4, 0.5) is 0 Å². The molecule has 1 saturated heterocycles. The Bertz CT molecular complexity index is 648. The zero-order chi connectivity index (χ0) is 15.5. The lowest BCUT2D eigenvalue weighted by molar-refractivity contribution is -0.131. The first-order chi connectivity index (χ1) is 10.7. The summed E-state index contributed by atoms with van der Waals surface area (Å²) in [7, 11) is 1.63. The van der Waals surface area contributed by atoms with Gasteiger partial charge in [-0.2, -0.15) is 0 Å². The summed E-state index contributed by atoms with van der Waals surface area (Å²) in [6, 6.07) is 9.59. The number of ether oxygens (including phenoxy) is 1. The van der Waals surface area contributed by atoms with Crippen molar-refractivity contribution < 1.29 is 14.1 Å². The summed E-state index contributed by atoms with van der Waals surface area (Å²) >= 11 is 0. The van der Waals surface area contributed by atoms with Gasteiger partial charge in [-0.05, 0) is 37.5 Å². The van der Waals surface area contributed by atoms with Crippen LogP contribution in [0.25, 0.3) is 0 Å². The van der Waals surface area contributed by atoms with Gasteiger partial charge in [-0.1, -0.05) is 17.3 Å². The minimum atomic E-state index is 0.0446. The van der Waals surface area contributed by atoms with Gasteiger partial charge in [0.05, 0.1) is 19.6 Å². The van der Waals surface area contributed by atoms with E-state index in [9.17, 15) is 4.79 Å². The molecule has 0 bridgehead atoms. The molecular formula is C17H20N2O3. The lowest BCUT2D eigenvalue weighted by Crippen LogP contribution is -2.32. The maximum Gasteiger partial charge on any atom is 0.227 e. The molecule has 5 heteroatoms. The highest BCUT2D eigenvalue weighted by Gasteiger charge is 2.31. The topological polar surface area (TPSA) is 55.6 Å². The molecule has 0 radical (unpaired) electrons. The number of methoxy groups -OCH3 is 1. The molecule has 1 aromatic carbocycles. The molecule has 1 aromatic heterocycles. The number of benzene rings is 1. The standard InChI is InChI=1S/C17H20N2O3/c1-12-10-15(18-22-12)16-4-3-9-19(16)17(20)11-13-5-7-14(21-2)8-6-13/h5-8,10,16H,3-4,9,11H2,1-2H3/t16-/m1/s1. The number of amides is 1. The summed E-state index contributed by atoms with van der Waals surface area (Å²) in [5.74, 6) is 1.71. The van der Waals surface area contributed by atoms with Gasteiger partial charge in [0, 0.05) is 12.6 Å². The van der Waals surface area contributed by atoms with Gasteiger partial charge in [0.25, 0.3) is 0 Å². The zero-order valence-corrected chi connectivity index (χ0v) is 12.9. The van der Waals surface area contributed by atoms with Crippen molar-refractivity contribution in [3.05, 3.63) is 47.3 Å². The Morgan fingerprint density at radius 2 is 2.18 bits per heavy atom. The monoisotopic (exact) mass is 300 g/mol. The van der Waals surface area contributed by atoms with Gasteiger partial charge in [0.2, 0.25) is 5.91 Å². The number of aryl methyl sites for hydroxylation is 1. The summed E-state index contributed by atoms with van der Waals surface area (Å²) < 4.78 is 10.3. The van der Waals surface area contributed by atoms with Gasteiger partial charge in [-0.3, -0.25) is 4.79 Å². The molecular weight excluding hydrogens is 280 g/mol. The third-order valence-corrected chi connectivity index (χ3v) is 4.08. The highest BCUT2D eigenvalue weighted by atomic mass is 16.5. The van der Waals surface area contributed by atoms with Gasteiger partial charge in [-0.15, -0.1) is 0 Å². The lowest BCUT2D eigenvalue weighted by atomic mass is 10.1. The molecule has 0 aliphatic carbocycles. The first kappa shape index (κ1) is 14.6. The van der Waals surface area contributed by atoms with E-state index in [0.717, 1.165) is 42.2 Å². The Morgan fingerprint density at radius 1 is 1.41 bits per heavy atom. The van der Waals surface area contributed by atoms with Crippen LogP contribution < -0.4 is 4.74 Å². The third kappa shape index (κ3) is 2.98. The van der Waals surface area contributed by atoms with Crippen LogP contribution in [0.15, 0.2) is 34.9 Å².